The zero-order chi connectivity index (χ0) is 12.8. The molecule has 2 rings (SSSR count). The molecule has 1 aromatic heterocycles. The highest BCUT2D eigenvalue weighted by molar-refractivity contribution is 6.00. The molecule has 0 aliphatic rings. The maximum atomic E-state index is 11.5. The Kier molecular flexibility index (Phi) is 3.52. The third-order valence-electron chi connectivity index (χ3n) is 2.18. The summed E-state index contributed by atoms with van der Waals surface area (Å²) in [4.78, 5) is 18.2. The Labute approximate surface area is 104 Å². The van der Waals surface area contributed by atoms with Crippen LogP contribution in [0.3, 0.4) is 0 Å². The number of nitrogens with one attached hydrogen (secondary N) is 2. The van der Waals surface area contributed by atoms with Gasteiger partial charge in [-0.3, -0.25) is 10.1 Å². The van der Waals surface area contributed by atoms with Gasteiger partial charge in [-0.25, -0.2) is 4.98 Å². The average molecular weight is 238 g/mol. The second kappa shape index (κ2) is 5.46. The Morgan fingerprint density at radius 2 is 2.39 bits per heavy atom. The van der Waals surface area contributed by atoms with Crippen molar-refractivity contribution >= 4 is 17.9 Å². The third-order valence-corrected chi connectivity index (χ3v) is 2.18. The van der Waals surface area contributed by atoms with Gasteiger partial charge in [0.25, 0.3) is 5.91 Å². The van der Waals surface area contributed by atoms with Gasteiger partial charge in [-0.1, -0.05) is 12.1 Å². The predicted molar refractivity (Wildman–Crippen MR) is 67.4 cm³/mol. The lowest BCUT2D eigenvalue weighted by molar-refractivity contribution is -0.111. The van der Waals surface area contributed by atoms with E-state index in [4.69, 9.17) is 5.26 Å². The molecule has 1 heterocycles. The van der Waals surface area contributed by atoms with E-state index in [1.807, 2.05) is 12.1 Å². The fourth-order valence-corrected chi connectivity index (χ4v) is 1.38. The van der Waals surface area contributed by atoms with E-state index in [0.717, 1.165) is 5.56 Å². The fraction of sp³-hybridized carbons (Fsp3) is 0. The first-order valence-corrected chi connectivity index (χ1v) is 5.26. The van der Waals surface area contributed by atoms with Crippen molar-refractivity contribution in [2.75, 3.05) is 5.32 Å². The van der Waals surface area contributed by atoms with E-state index in [1.165, 1.54) is 6.08 Å². The number of anilines is 1. The fourth-order valence-electron chi connectivity index (χ4n) is 1.38. The zero-order valence-electron chi connectivity index (χ0n) is 9.42. The van der Waals surface area contributed by atoms with Crippen molar-refractivity contribution in [3.8, 4) is 6.07 Å². The lowest BCUT2D eigenvalue weighted by Crippen LogP contribution is -2.08. The summed E-state index contributed by atoms with van der Waals surface area (Å²) in [5.41, 5.74) is 1.35. The molecule has 0 aliphatic heterocycles. The number of amides is 1. The Hall–Kier alpha value is -2.87. The average Bonchev–Trinajstić information content (AvgIpc) is 2.89. The van der Waals surface area contributed by atoms with E-state index < -0.39 is 0 Å². The second-order valence-corrected chi connectivity index (χ2v) is 3.50. The van der Waals surface area contributed by atoms with E-state index >= 15 is 0 Å². The molecule has 1 amide bonds. The molecule has 2 aromatic rings. The second-order valence-electron chi connectivity index (χ2n) is 3.50. The van der Waals surface area contributed by atoms with E-state index in [2.05, 4.69) is 15.3 Å². The molecule has 0 atom stereocenters. The van der Waals surface area contributed by atoms with Crippen molar-refractivity contribution in [3.05, 3.63) is 53.9 Å². The molecule has 88 valence electrons. The summed E-state index contributed by atoms with van der Waals surface area (Å²) in [5, 5.41) is 11.3. The number of aromatic amines is 1. The zero-order valence-corrected chi connectivity index (χ0v) is 9.42. The number of carbonyl (C=O) groups excluding carboxylic acids is 1. The molecule has 18 heavy (non-hydrogen) atoms. The van der Waals surface area contributed by atoms with Gasteiger partial charge in [-0.05, 0) is 23.8 Å². The monoisotopic (exact) mass is 238 g/mol. The molecule has 0 saturated carbocycles. The van der Waals surface area contributed by atoms with E-state index in [1.54, 1.807) is 36.7 Å². The number of aromatic nitrogens is 2. The van der Waals surface area contributed by atoms with Gasteiger partial charge >= 0.3 is 0 Å². The van der Waals surface area contributed by atoms with Crippen LogP contribution in [0, 0.1) is 11.3 Å². The Morgan fingerprint density at radius 3 is 3.11 bits per heavy atom. The molecule has 0 unspecified atom stereocenters. The first-order chi connectivity index (χ1) is 8.78. The SMILES string of the molecule is N#Cc1cccc(C=CC(=O)Nc2ncc[nH]2)c1. The molecule has 0 saturated heterocycles. The molecular formula is C13H10N4O. The summed E-state index contributed by atoms with van der Waals surface area (Å²) in [7, 11) is 0. The number of rotatable bonds is 3. The smallest absolute Gasteiger partial charge is 0.250 e. The molecule has 0 aliphatic carbocycles. The lowest BCUT2D eigenvalue weighted by Gasteiger charge is -1.96. The van der Waals surface area contributed by atoms with Crippen LogP contribution < -0.4 is 5.32 Å². The highest BCUT2D eigenvalue weighted by Crippen LogP contribution is 2.06. The van der Waals surface area contributed by atoms with Crippen molar-refractivity contribution in [3.63, 3.8) is 0 Å². The summed E-state index contributed by atoms with van der Waals surface area (Å²) in [5.74, 6) is 0.114. The number of H-pyrrole nitrogens is 1. The third kappa shape index (κ3) is 3.06. The molecule has 0 radical (unpaired) electrons. The van der Waals surface area contributed by atoms with Crippen molar-refractivity contribution < 1.29 is 4.79 Å². The standard InChI is InChI=1S/C13H10N4O/c14-9-11-3-1-2-10(8-11)4-5-12(18)17-13-15-6-7-16-13/h1-8H,(H2,15,16,17,18). The van der Waals surface area contributed by atoms with E-state index in [-0.39, 0.29) is 5.91 Å². The summed E-state index contributed by atoms with van der Waals surface area (Å²) >= 11 is 0. The molecule has 0 bridgehead atoms. The van der Waals surface area contributed by atoms with Crippen molar-refractivity contribution in [1.82, 2.24) is 9.97 Å². The van der Waals surface area contributed by atoms with Crippen LogP contribution in [0.4, 0.5) is 5.95 Å². The summed E-state index contributed by atoms with van der Waals surface area (Å²) in [6.45, 7) is 0. The van der Waals surface area contributed by atoms with Crippen LogP contribution in [0.5, 0.6) is 0 Å². The van der Waals surface area contributed by atoms with Crippen LogP contribution in [-0.2, 0) is 4.79 Å². The highest BCUT2D eigenvalue weighted by atomic mass is 16.1. The van der Waals surface area contributed by atoms with Crippen molar-refractivity contribution in [1.29, 1.82) is 5.26 Å². The van der Waals surface area contributed by atoms with E-state index in [0.29, 0.717) is 11.5 Å². The van der Waals surface area contributed by atoms with Crippen LogP contribution in [-0.4, -0.2) is 15.9 Å². The number of hydrogen-bond acceptors (Lipinski definition) is 3. The molecular weight excluding hydrogens is 228 g/mol. The largest absolute Gasteiger partial charge is 0.331 e. The number of nitriles is 1. The normalized spacial score (nSPS) is 10.2. The Bertz CT molecular complexity index is 608. The van der Waals surface area contributed by atoms with Crippen LogP contribution in [0.2, 0.25) is 0 Å². The minimum atomic E-state index is -0.285. The quantitative estimate of drug-likeness (QED) is 0.801. The van der Waals surface area contributed by atoms with Gasteiger partial charge < -0.3 is 4.98 Å². The van der Waals surface area contributed by atoms with Gasteiger partial charge in [0.15, 0.2) is 0 Å². The van der Waals surface area contributed by atoms with Gasteiger partial charge in [-0.15, -0.1) is 0 Å². The molecule has 1 aromatic carbocycles. The van der Waals surface area contributed by atoms with Crippen molar-refractivity contribution in [2.45, 2.75) is 0 Å². The molecule has 0 fully saturated rings. The van der Waals surface area contributed by atoms with Crippen molar-refractivity contribution in [2.24, 2.45) is 0 Å². The number of imidazole rings is 1. The van der Waals surface area contributed by atoms with Gasteiger partial charge in [0.2, 0.25) is 5.95 Å². The first-order valence-electron chi connectivity index (χ1n) is 5.26. The predicted octanol–water partition coefficient (Wildman–Crippen LogP) is 1.93. The Morgan fingerprint density at radius 1 is 1.50 bits per heavy atom. The molecule has 5 nitrogen and oxygen atoms in total. The topological polar surface area (TPSA) is 81.6 Å². The minimum absolute atomic E-state index is 0.285. The lowest BCUT2D eigenvalue weighted by atomic mass is 10.1. The van der Waals surface area contributed by atoms with Gasteiger partial charge in [0, 0.05) is 18.5 Å². The van der Waals surface area contributed by atoms with Gasteiger partial charge in [-0.2, -0.15) is 5.26 Å². The Balaban J connectivity index is 2.02. The first kappa shape index (κ1) is 11.6. The van der Waals surface area contributed by atoms with Crippen LogP contribution in [0.25, 0.3) is 6.08 Å². The van der Waals surface area contributed by atoms with Crippen LogP contribution >= 0.6 is 0 Å². The number of carbonyl (C=O) groups is 1. The minimum Gasteiger partial charge on any atom is -0.331 e. The molecule has 5 heteroatoms. The maximum Gasteiger partial charge on any atom is 0.250 e. The molecule has 0 spiro atoms. The highest BCUT2D eigenvalue weighted by Gasteiger charge is 1.98. The van der Waals surface area contributed by atoms with Gasteiger partial charge in [0.05, 0.1) is 11.6 Å². The van der Waals surface area contributed by atoms with Crippen LogP contribution in [0.15, 0.2) is 42.7 Å². The number of benzene rings is 1. The number of nitrogens with zero attached hydrogens (tertiary/aromatic N) is 2. The summed E-state index contributed by atoms with van der Waals surface area (Å²) in [6, 6.07) is 9.04. The van der Waals surface area contributed by atoms with Crippen LogP contribution in [0.1, 0.15) is 11.1 Å². The molecule has 2 N–H and O–H groups in total. The summed E-state index contributed by atoms with van der Waals surface area (Å²) < 4.78 is 0. The van der Waals surface area contributed by atoms with Gasteiger partial charge in [0.1, 0.15) is 0 Å². The summed E-state index contributed by atoms with van der Waals surface area (Å²) in [6.07, 6.45) is 6.20. The van der Waals surface area contributed by atoms with E-state index in [9.17, 15) is 4.79 Å². The number of hydrogen-bond donors (Lipinski definition) is 2. The maximum absolute atomic E-state index is 11.5.